The molecule has 222 valence electrons. The monoisotopic (exact) mass is 568 g/mol. The highest BCUT2D eigenvalue weighted by Gasteiger charge is 2.50. The fourth-order valence-electron chi connectivity index (χ4n) is 3.74. The molecule has 0 aliphatic rings. The molecule has 0 radical (unpaired) electrons. The third-order valence-corrected chi connectivity index (χ3v) is 5.93. The summed E-state index contributed by atoms with van der Waals surface area (Å²) in [4.78, 5) is 25.3. The number of methoxy groups -OCH3 is 1. The lowest BCUT2D eigenvalue weighted by Crippen LogP contribution is -2.60. The van der Waals surface area contributed by atoms with E-state index in [-0.39, 0.29) is 42.4 Å². The number of esters is 2. The Hall–Kier alpha value is -3.16. The van der Waals surface area contributed by atoms with Gasteiger partial charge in [-0.1, -0.05) is 32.0 Å². The van der Waals surface area contributed by atoms with Crippen molar-refractivity contribution in [2.75, 3.05) is 33.5 Å². The van der Waals surface area contributed by atoms with Gasteiger partial charge in [-0.05, 0) is 42.8 Å². The number of aliphatic hydroxyl groups is 1. The Morgan fingerprint density at radius 1 is 1.02 bits per heavy atom. The Balaban J connectivity index is 2.27. The van der Waals surface area contributed by atoms with Crippen LogP contribution in [0.4, 0.5) is 8.78 Å². The van der Waals surface area contributed by atoms with Gasteiger partial charge in [-0.15, -0.1) is 0 Å². The molecule has 40 heavy (non-hydrogen) atoms. The number of alkyl halides is 2. The highest BCUT2D eigenvalue weighted by molar-refractivity contribution is 5.91. The zero-order valence-electron chi connectivity index (χ0n) is 23.1. The third kappa shape index (κ3) is 9.49. The van der Waals surface area contributed by atoms with Crippen LogP contribution in [-0.2, 0) is 19.0 Å². The molecule has 2 aromatic carbocycles. The topological polar surface area (TPSA) is 150 Å². The highest BCUT2D eigenvalue weighted by atomic mass is 19.3. The fraction of sp³-hybridized carbons (Fsp3) is 0.500. The first-order valence-corrected chi connectivity index (χ1v) is 12.8. The number of nitrogens with two attached hydrogens (primary N) is 1. The van der Waals surface area contributed by atoms with Crippen LogP contribution in [0.25, 0.3) is 0 Å². The third-order valence-electron chi connectivity index (χ3n) is 5.93. The summed E-state index contributed by atoms with van der Waals surface area (Å²) >= 11 is 0. The van der Waals surface area contributed by atoms with Crippen molar-refractivity contribution in [3.8, 4) is 11.5 Å². The molecule has 12 heteroatoms. The van der Waals surface area contributed by atoms with E-state index in [1.807, 2.05) is 0 Å². The maximum Gasteiger partial charge on any atom is 0.354 e. The summed E-state index contributed by atoms with van der Waals surface area (Å²) in [6.07, 6.45) is -0.754. The zero-order chi connectivity index (χ0) is 29.9. The van der Waals surface area contributed by atoms with E-state index in [0.717, 1.165) is 0 Å². The first-order chi connectivity index (χ1) is 18.8. The summed E-state index contributed by atoms with van der Waals surface area (Å²) in [5, 5.41) is 23.2. The van der Waals surface area contributed by atoms with Gasteiger partial charge in [-0.2, -0.15) is 0 Å². The summed E-state index contributed by atoms with van der Waals surface area (Å²) in [6, 6.07) is 7.95. The molecular formula is C28H38F2N2O8. The molecular weight excluding hydrogens is 530 g/mol. The number of hydrogen-bond acceptors (Lipinski definition) is 10. The number of aromatic hydroxyl groups is 1. The van der Waals surface area contributed by atoms with Crippen LogP contribution < -0.4 is 15.8 Å². The minimum Gasteiger partial charge on any atom is -0.508 e. The number of rotatable bonds is 16. The van der Waals surface area contributed by atoms with Crippen molar-refractivity contribution in [1.29, 1.82) is 0 Å². The first-order valence-electron chi connectivity index (χ1n) is 12.8. The van der Waals surface area contributed by atoms with Crippen LogP contribution >= 0.6 is 0 Å². The average molecular weight is 569 g/mol. The second-order valence-electron chi connectivity index (χ2n) is 9.69. The summed E-state index contributed by atoms with van der Waals surface area (Å²) in [6.45, 7) is 4.81. The normalized spacial score (nSPS) is 14.8. The molecule has 0 bridgehead atoms. The van der Waals surface area contributed by atoms with Gasteiger partial charge < -0.3 is 34.9 Å². The number of hydrogen-bond donors (Lipinski definition) is 4. The molecule has 3 atom stereocenters. The molecule has 0 saturated heterocycles. The first kappa shape index (κ1) is 33.0. The second-order valence-corrected chi connectivity index (χ2v) is 9.69. The quantitative estimate of drug-likeness (QED) is 0.103. The predicted octanol–water partition coefficient (Wildman–Crippen LogP) is 3.17. The smallest absolute Gasteiger partial charge is 0.354 e. The minimum absolute atomic E-state index is 0.00224. The molecule has 2 unspecified atom stereocenters. The summed E-state index contributed by atoms with van der Waals surface area (Å²) < 4.78 is 51.6. The van der Waals surface area contributed by atoms with E-state index in [0.29, 0.717) is 6.61 Å². The van der Waals surface area contributed by atoms with Crippen molar-refractivity contribution in [3.63, 3.8) is 0 Å². The van der Waals surface area contributed by atoms with Crippen LogP contribution in [0, 0.1) is 5.92 Å². The van der Waals surface area contributed by atoms with Crippen molar-refractivity contribution in [1.82, 2.24) is 5.32 Å². The van der Waals surface area contributed by atoms with Gasteiger partial charge in [-0.3, -0.25) is 5.32 Å². The summed E-state index contributed by atoms with van der Waals surface area (Å²) in [7, 11) is 1.51. The lowest BCUT2D eigenvalue weighted by molar-refractivity contribution is -0.183. The van der Waals surface area contributed by atoms with Crippen LogP contribution in [0.5, 0.6) is 11.5 Å². The number of carbonyl (C=O) groups is 2. The number of nitrogens with one attached hydrogen (secondary N) is 1. The van der Waals surface area contributed by atoms with Gasteiger partial charge >= 0.3 is 11.9 Å². The lowest BCUT2D eigenvalue weighted by Gasteiger charge is -2.38. The van der Waals surface area contributed by atoms with E-state index < -0.39 is 48.0 Å². The standard InChI is InChI=1S/C28H38F2N2O8/c1-18(2)28(36,26(35)39-15-14-38-13-12-37-4)32-24(27(29,30)17-19(3)31)20-8-10-23(11-9-20)40-25(34)21-6-5-7-22(33)16-21/h5-11,16,18-19,24,32-33,36H,12-15,17,31H2,1-4H3/t19?,24?,28-/m0/s1. The fourth-order valence-corrected chi connectivity index (χ4v) is 3.74. The number of carbonyl (C=O) groups excluding carboxylic acids is 2. The highest BCUT2D eigenvalue weighted by Crippen LogP contribution is 2.38. The maximum atomic E-state index is 15.5. The van der Waals surface area contributed by atoms with E-state index in [4.69, 9.17) is 24.7 Å². The molecule has 0 aliphatic carbocycles. The van der Waals surface area contributed by atoms with Crippen molar-refractivity contribution in [2.24, 2.45) is 11.7 Å². The van der Waals surface area contributed by atoms with E-state index in [2.05, 4.69) is 5.32 Å². The minimum atomic E-state index is -3.51. The molecule has 0 fully saturated rings. The molecule has 0 heterocycles. The van der Waals surface area contributed by atoms with Crippen LogP contribution in [0.2, 0.25) is 0 Å². The van der Waals surface area contributed by atoms with E-state index in [1.54, 1.807) is 0 Å². The Morgan fingerprint density at radius 3 is 2.25 bits per heavy atom. The van der Waals surface area contributed by atoms with Gasteiger partial charge in [0.2, 0.25) is 5.72 Å². The van der Waals surface area contributed by atoms with Crippen molar-refractivity contribution in [3.05, 3.63) is 59.7 Å². The second kappa shape index (κ2) is 15.0. The number of ether oxygens (including phenoxy) is 4. The number of benzene rings is 2. The Labute approximate surface area is 232 Å². The Kier molecular flexibility index (Phi) is 12.4. The molecule has 10 nitrogen and oxygen atoms in total. The SMILES string of the molecule is COCCOCCOC(=O)[C@](O)(NC(c1ccc(OC(=O)c2cccc(O)c2)cc1)C(F)(F)CC(C)N)C(C)C. The van der Waals surface area contributed by atoms with Gasteiger partial charge in [0.1, 0.15) is 18.1 Å². The molecule has 0 spiro atoms. The number of phenolic OH excluding ortho intramolecular Hbond substituents is 1. The van der Waals surface area contributed by atoms with Crippen LogP contribution in [0.1, 0.15) is 49.2 Å². The summed E-state index contributed by atoms with van der Waals surface area (Å²) in [5.41, 5.74) is 3.28. The number of halogens is 2. The van der Waals surface area contributed by atoms with Crippen LogP contribution in [0.3, 0.4) is 0 Å². The Bertz CT molecular complexity index is 1100. The van der Waals surface area contributed by atoms with Gasteiger partial charge in [0.15, 0.2) is 0 Å². The van der Waals surface area contributed by atoms with E-state index in [1.165, 1.54) is 76.4 Å². The molecule has 2 rings (SSSR count). The van der Waals surface area contributed by atoms with Gasteiger partial charge in [0.25, 0.3) is 5.92 Å². The molecule has 0 aromatic heterocycles. The van der Waals surface area contributed by atoms with E-state index >= 15 is 8.78 Å². The van der Waals surface area contributed by atoms with Crippen molar-refractivity contribution < 1.29 is 47.5 Å². The molecule has 0 saturated carbocycles. The molecule has 2 aromatic rings. The lowest BCUT2D eigenvalue weighted by atomic mass is 9.91. The number of phenols is 1. The van der Waals surface area contributed by atoms with Gasteiger partial charge in [0.05, 0.1) is 31.4 Å². The van der Waals surface area contributed by atoms with Crippen molar-refractivity contribution in [2.45, 2.75) is 50.9 Å². The van der Waals surface area contributed by atoms with Crippen molar-refractivity contribution >= 4 is 11.9 Å². The maximum absolute atomic E-state index is 15.5. The average Bonchev–Trinajstić information content (AvgIpc) is 2.88. The molecule has 0 amide bonds. The molecule has 5 N–H and O–H groups in total. The molecule has 0 aliphatic heterocycles. The van der Waals surface area contributed by atoms with Crippen LogP contribution in [0.15, 0.2) is 48.5 Å². The predicted molar refractivity (Wildman–Crippen MR) is 142 cm³/mol. The van der Waals surface area contributed by atoms with Gasteiger partial charge in [-0.25, -0.2) is 18.4 Å². The zero-order valence-corrected chi connectivity index (χ0v) is 23.1. The van der Waals surface area contributed by atoms with E-state index in [9.17, 15) is 19.8 Å². The summed E-state index contributed by atoms with van der Waals surface area (Å²) in [5.74, 6) is -6.35. The Morgan fingerprint density at radius 2 is 1.68 bits per heavy atom. The van der Waals surface area contributed by atoms with Gasteiger partial charge in [0, 0.05) is 25.5 Å². The van der Waals surface area contributed by atoms with Crippen LogP contribution in [-0.4, -0.2) is 73.4 Å². The largest absolute Gasteiger partial charge is 0.508 e.